The summed E-state index contributed by atoms with van der Waals surface area (Å²) in [6.07, 6.45) is 0. The average Bonchev–Trinajstić information content (AvgIpc) is 2.25. The molecule has 0 aromatic heterocycles. The largest absolute Gasteiger partial charge is 0.506 e. The Morgan fingerprint density at radius 3 is 2.75 bits per heavy atom. The van der Waals surface area contributed by atoms with Crippen LogP contribution in [-0.4, -0.2) is 16.1 Å². The smallest absolute Gasteiger partial charge is 0.252 e. The monoisotopic (exact) mass is 164 g/mol. The summed E-state index contributed by atoms with van der Waals surface area (Å²) in [5.41, 5.74) is 0. The van der Waals surface area contributed by atoms with Crippen LogP contribution in [0.4, 0.5) is 0 Å². The van der Waals surface area contributed by atoms with E-state index in [-0.39, 0.29) is 5.75 Å². The minimum atomic E-state index is -1.42. The van der Waals surface area contributed by atoms with E-state index in [9.17, 15) is 10.2 Å². The molecule has 2 N–H and O–H groups in total. The first-order chi connectivity index (χ1) is 5.58. The second-order valence-electron chi connectivity index (χ2n) is 2.84. The van der Waals surface area contributed by atoms with E-state index in [4.69, 9.17) is 0 Å². The Hall–Kier alpha value is -1.42. The molecule has 4 nitrogen and oxygen atoms in total. The molecule has 0 aliphatic carbocycles. The highest BCUT2D eigenvalue weighted by Gasteiger charge is 2.21. The third-order valence-corrected chi connectivity index (χ3v) is 1.65. The normalized spacial score (nSPS) is 25.8. The van der Waals surface area contributed by atoms with Gasteiger partial charge < -0.3 is 10.2 Å². The van der Waals surface area contributed by atoms with Crippen LogP contribution in [0.1, 0.15) is 6.92 Å². The van der Waals surface area contributed by atoms with Gasteiger partial charge in [0.1, 0.15) is 11.1 Å². The van der Waals surface area contributed by atoms with Gasteiger partial charge >= 0.3 is 0 Å². The summed E-state index contributed by atoms with van der Waals surface area (Å²) in [6.45, 7) is 1.46. The van der Waals surface area contributed by atoms with Gasteiger partial charge in [-0.25, -0.2) is 9.98 Å². The van der Waals surface area contributed by atoms with Gasteiger partial charge in [0.2, 0.25) is 0 Å². The standard InChI is InChI=1S/C8H8N2O2/c1-8(12)9-5-3-2-4-6(11)7(5)10-8/h2-4,11-12H,1H3. The van der Waals surface area contributed by atoms with E-state index in [0.29, 0.717) is 10.7 Å². The molecule has 0 saturated heterocycles. The summed E-state index contributed by atoms with van der Waals surface area (Å²) in [5, 5.41) is 19.6. The summed E-state index contributed by atoms with van der Waals surface area (Å²) < 4.78 is 0. The molecule has 0 amide bonds. The molecular weight excluding hydrogens is 156 g/mol. The summed E-state index contributed by atoms with van der Waals surface area (Å²) in [4.78, 5) is 7.70. The zero-order valence-electron chi connectivity index (χ0n) is 6.52. The third kappa shape index (κ3) is 0.967. The van der Waals surface area contributed by atoms with Gasteiger partial charge in [-0.1, -0.05) is 6.07 Å². The SMILES string of the molecule is CC1(O)N=c2cccc(O)c2=N1. The quantitative estimate of drug-likeness (QED) is 0.533. The molecule has 1 aliphatic heterocycles. The van der Waals surface area contributed by atoms with Crippen LogP contribution in [0.2, 0.25) is 0 Å². The van der Waals surface area contributed by atoms with E-state index in [2.05, 4.69) is 9.98 Å². The van der Waals surface area contributed by atoms with Crippen molar-refractivity contribution in [1.29, 1.82) is 0 Å². The van der Waals surface area contributed by atoms with Crippen molar-refractivity contribution in [1.82, 2.24) is 0 Å². The van der Waals surface area contributed by atoms with E-state index < -0.39 is 5.85 Å². The lowest BCUT2D eigenvalue weighted by Crippen LogP contribution is -2.20. The first-order valence-electron chi connectivity index (χ1n) is 3.59. The zero-order valence-corrected chi connectivity index (χ0v) is 6.52. The van der Waals surface area contributed by atoms with E-state index in [1.165, 1.54) is 13.0 Å². The molecule has 2 rings (SSSR count). The van der Waals surface area contributed by atoms with Crippen molar-refractivity contribution in [3.63, 3.8) is 0 Å². The molecule has 1 unspecified atom stereocenters. The fraction of sp³-hybridized carbons (Fsp3) is 0.250. The third-order valence-electron chi connectivity index (χ3n) is 1.65. The lowest BCUT2D eigenvalue weighted by Gasteiger charge is -2.05. The maximum absolute atomic E-state index is 9.40. The Kier molecular flexibility index (Phi) is 1.23. The fourth-order valence-electron chi connectivity index (χ4n) is 1.19. The molecule has 12 heavy (non-hydrogen) atoms. The molecule has 62 valence electrons. The number of nitrogens with zero attached hydrogens (tertiary/aromatic N) is 2. The maximum atomic E-state index is 9.40. The molecule has 1 atom stereocenters. The number of hydrogen-bond donors (Lipinski definition) is 2. The van der Waals surface area contributed by atoms with Crippen LogP contribution in [0.25, 0.3) is 0 Å². The molecule has 0 bridgehead atoms. The van der Waals surface area contributed by atoms with Crippen molar-refractivity contribution >= 4 is 0 Å². The first-order valence-corrected chi connectivity index (χ1v) is 3.59. The first kappa shape index (κ1) is 7.24. The van der Waals surface area contributed by atoms with E-state index >= 15 is 0 Å². The van der Waals surface area contributed by atoms with Crippen LogP contribution in [0.15, 0.2) is 28.2 Å². The van der Waals surface area contributed by atoms with Crippen molar-refractivity contribution in [3.8, 4) is 5.75 Å². The lowest BCUT2D eigenvalue weighted by molar-refractivity contribution is 0.0779. The second-order valence-corrected chi connectivity index (χ2v) is 2.84. The Balaban J connectivity index is 2.86. The molecule has 4 heteroatoms. The maximum Gasteiger partial charge on any atom is 0.252 e. The Morgan fingerprint density at radius 1 is 1.33 bits per heavy atom. The van der Waals surface area contributed by atoms with Crippen LogP contribution in [0, 0.1) is 0 Å². The summed E-state index contributed by atoms with van der Waals surface area (Å²) in [6, 6.07) is 4.87. The highest BCUT2D eigenvalue weighted by Crippen LogP contribution is 2.09. The molecule has 1 aromatic carbocycles. The predicted molar refractivity (Wildman–Crippen MR) is 41.0 cm³/mol. The molecule has 1 aliphatic rings. The molecule has 0 fully saturated rings. The van der Waals surface area contributed by atoms with Crippen molar-refractivity contribution in [3.05, 3.63) is 28.9 Å². The van der Waals surface area contributed by atoms with E-state index in [1.807, 2.05) is 0 Å². The van der Waals surface area contributed by atoms with Gasteiger partial charge in [-0.05, 0) is 12.1 Å². The lowest BCUT2D eigenvalue weighted by atomic mass is 10.3. The molecule has 0 spiro atoms. The second kappa shape index (κ2) is 2.04. The molecule has 0 saturated carbocycles. The molecular formula is C8H8N2O2. The van der Waals surface area contributed by atoms with Gasteiger partial charge in [0, 0.05) is 6.92 Å². The average molecular weight is 164 g/mol. The van der Waals surface area contributed by atoms with Crippen LogP contribution >= 0.6 is 0 Å². The van der Waals surface area contributed by atoms with Crippen molar-refractivity contribution in [2.24, 2.45) is 9.98 Å². The van der Waals surface area contributed by atoms with Crippen LogP contribution in [0.5, 0.6) is 5.75 Å². The minimum absolute atomic E-state index is 0.0500. The van der Waals surface area contributed by atoms with Crippen molar-refractivity contribution < 1.29 is 10.2 Å². The van der Waals surface area contributed by atoms with Crippen LogP contribution in [-0.2, 0) is 0 Å². The zero-order chi connectivity index (χ0) is 8.77. The van der Waals surface area contributed by atoms with Gasteiger partial charge in [0.05, 0.1) is 5.36 Å². The number of benzene rings is 1. The predicted octanol–water partition coefficient (Wildman–Crippen LogP) is -0.689. The van der Waals surface area contributed by atoms with Gasteiger partial charge in [0.25, 0.3) is 5.85 Å². The van der Waals surface area contributed by atoms with Crippen molar-refractivity contribution in [2.75, 3.05) is 0 Å². The number of rotatable bonds is 0. The van der Waals surface area contributed by atoms with E-state index in [0.717, 1.165) is 0 Å². The van der Waals surface area contributed by atoms with Gasteiger partial charge in [0.15, 0.2) is 0 Å². The van der Waals surface area contributed by atoms with Crippen LogP contribution < -0.4 is 10.7 Å². The van der Waals surface area contributed by atoms with Crippen molar-refractivity contribution in [2.45, 2.75) is 12.8 Å². The summed E-state index contributed by atoms with van der Waals surface area (Å²) in [5.74, 6) is -1.37. The number of phenols is 1. The summed E-state index contributed by atoms with van der Waals surface area (Å²) >= 11 is 0. The minimum Gasteiger partial charge on any atom is -0.506 e. The van der Waals surface area contributed by atoms with Gasteiger partial charge in [-0.15, -0.1) is 0 Å². The Bertz CT molecular complexity index is 437. The fourth-order valence-corrected chi connectivity index (χ4v) is 1.19. The molecule has 0 radical (unpaired) electrons. The summed E-state index contributed by atoms with van der Waals surface area (Å²) in [7, 11) is 0. The van der Waals surface area contributed by atoms with Gasteiger partial charge in [-0.2, -0.15) is 0 Å². The van der Waals surface area contributed by atoms with Crippen LogP contribution in [0.3, 0.4) is 0 Å². The Labute approximate surface area is 68.5 Å². The van der Waals surface area contributed by atoms with E-state index in [1.54, 1.807) is 12.1 Å². The number of hydrogen-bond acceptors (Lipinski definition) is 4. The highest BCUT2D eigenvalue weighted by molar-refractivity contribution is 5.20. The number of aromatic hydroxyl groups is 1. The number of aliphatic hydroxyl groups is 1. The molecule has 1 aromatic rings. The van der Waals surface area contributed by atoms with Gasteiger partial charge in [-0.3, -0.25) is 0 Å². The highest BCUT2D eigenvalue weighted by atomic mass is 16.3. The topological polar surface area (TPSA) is 65.2 Å². The Morgan fingerprint density at radius 2 is 2.08 bits per heavy atom. The number of para-hydroxylation sites is 1. The molecule has 1 heterocycles. The number of fused-ring (bicyclic) bond motifs is 1. The number of phenolic OH excluding ortho intramolecular Hbond substituents is 1.